The van der Waals surface area contributed by atoms with Crippen LogP contribution in [0.25, 0.3) is 6.08 Å². The first kappa shape index (κ1) is 31.7. The largest absolute Gasteiger partial charge is 0.494 e. The van der Waals surface area contributed by atoms with E-state index in [0.717, 1.165) is 36.0 Å². The molecule has 0 bridgehead atoms. The van der Waals surface area contributed by atoms with Gasteiger partial charge in [0.05, 0.1) is 6.61 Å². The van der Waals surface area contributed by atoms with Crippen LogP contribution in [0, 0.1) is 0 Å². The van der Waals surface area contributed by atoms with Gasteiger partial charge in [-0.3, -0.25) is 10.2 Å². The molecular formula is C38H41N3O4. The number of hydrogen-bond acceptors (Lipinski definition) is 6. The molecule has 1 aliphatic rings. The van der Waals surface area contributed by atoms with Crippen molar-refractivity contribution in [2.24, 2.45) is 4.99 Å². The molecule has 4 aromatic rings. The van der Waals surface area contributed by atoms with Gasteiger partial charge in [0.1, 0.15) is 5.75 Å². The van der Waals surface area contributed by atoms with Crippen molar-refractivity contribution in [3.8, 4) is 5.75 Å². The van der Waals surface area contributed by atoms with Crippen LogP contribution in [0.3, 0.4) is 0 Å². The molecular weight excluding hydrogens is 562 g/mol. The van der Waals surface area contributed by atoms with E-state index in [0.29, 0.717) is 37.6 Å². The molecule has 0 spiro atoms. The third-order valence-electron chi connectivity index (χ3n) is 7.73. The summed E-state index contributed by atoms with van der Waals surface area (Å²) in [6.07, 6.45) is 7.17. The van der Waals surface area contributed by atoms with Gasteiger partial charge in [0, 0.05) is 31.6 Å². The quantitative estimate of drug-likeness (QED) is 0.101. The zero-order valence-electron chi connectivity index (χ0n) is 25.5. The van der Waals surface area contributed by atoms with E-state index in [-0.39, 0.29) is 12.5 Å². The molecule has 2 atom stereocenters. The lowest BCUT2D eigenvalue weighted by atomic mass is 9.84. The first-order chi connectivity index (χ1) is 22.2. The highest BCUT2D eigenvalue weighted by Crippen LogP contribution is 2.42. The van der Waals surface area contributed by atoms with Gasteiger partial charge in [-0.2, -0.15) is 0 Å². The van der Waals surface area contributed by atoms with Crippen LogP contribution in [0.5, 0.6) is 5.75 Å². The Bertz CT molecular complexity index is 1530. The van der Waals surface area contributed by atoms with Crippen LogP contribution in [-0.2, 0) is 16.0 Å². The van der Waals surface area contributed by atoms with Crippen molar-refractivity contribution in [3.63, 3.8) is 0 Å². The van der Waals surface area contributed by atoms with E-state index in [9.17, 15) is 4.79 Å². The van der Waals surface area contributed by atoms with Crippen molar-refractivity contribution >= 4 is 17.9 Å². The third-order valence-corrected chi connectivity index (χ3v) is 7.73. The van der Waals surface area contributed by atoms with E-state index < -0.39 is 11.6 Å². The summed E-state index contributed by atoms with van der Waals surface area (Å²) in [6, 6.07) is 37.7. The fourth-order valence-corrected chi connectivity index (χ4v) is 5.32. The molecule has 1 heterocycles. The average molecular weight is 604 g/mol. The number of aliphatic hydroxyl groups is 1. The number of aliphatic imine (C=N–C) groups is 1. The molecule has 4 aromatic carbocycles. The summed E-state index contributed by atoms with van der Waals surface area (Å²) >= 11 is 0. The van der Waals surface area contributed by atoms with E-state index in [1.54, 1.807) is 0 Å². The molecule has 0 radical (unpaired) electrons. The highest BCUT2D eigenvalue weighted by atomic mass is 16.5. The molecule has 3 N–H and O–H groups in total. The number of nitrogens with one attached hydrogen (secondary N) is 2. The lowest BCUT2D eigenvalue weighted by Gasteiger charge is -2.29. The summed E-state index contributed by atoms with van der Waals surface area (Å²) in [6.45, 7) is 1.15. The van der Waals surface area contributed by atoms with E-state index >= 15 is 0 Å². The number of carbonyl (C=O) groups is 1. The van der Waals surface area contributed by atoms with Crippen molar-refractivity contribution in [2.45, 2.75) is 43.7 Å². The van der Waals surface area contributed by atoms with Gasteiger partial charge >= 0.3 is 0 Å². The number of carbonyl (C=O) groups excluding carboxylic acids is 1. The van der Waals surface area contributed by atoms with Crippen LogP contribution in [0.1, 0.15) is 54.0 Å². The van der Waals surface area contributed by atoms with E-state index in [4.69, 9.17) is 19.6 Å². The zero-order valence-corrected chi connectivity index (χ0v) is 25.5. The minimum atomic E-state index is -1.25. The molecule has 5 rings (SSSR count). The minimum Gasteiger partial charge on any atom is -0.494 e. The van der Waals surface area contributed by atoms with E-state index in [1.165, 1.54) is 5.56 Å². The summed E-state index contributed by atoms with van der Waals surface area (Å²) in [5, 5.41) is 9.05. The molecule has 45 heavy (non-hydrogen) atoms. The smallest absolute Gasteiger partial charge is 0.266 e. The first-order valence-electron chi connectivity index (χ1n) is 15.6. The lowest BCUT2D eigenvalue weighted by molar-refractivity contribution is -0.129. The third kappa shape index (κ3) is 8.69. The molecule has 1 amide bonds. The number of unbranched alkanes of at least 4 members (excludes halogenated alkanes) is 1. The maximum atomic E-state index is 14.2. The Labute approximate surface area is 265 Å². The van der Waals surface area contributed by atoms with Crippen molar-refractivity contribution in [2.75, 3.05) is 19.8 Å². The average Bonchev–Trinajstić information content (AvgIpc) is 3.49. The maximum absolute atomic E-state index is 14.2. The van der Waals surface area contributed by atoms with Gasteiger partial charge in [0.2, 0.25) is 5.90 Å². The number of aliphatic hydroxyl groups excluding tert-OH is 1. The molecule has 0 saturated carbocycles. The summed E-state index contributed by atoms with van der Waals surface area (Å²) < 4.78 is 12.3. The Morgan fingerprint density at radius 2 is 1.56 bits per heavy atom. The van der Waals surface area contributed by atoms with Crippen molar-refractivity contribution < 1.29 is 19.4 Å². The Balaban J connectivity index is 1.37. The Hall–Kier alpha value is -4.72. The number of benzene rings is 4. The molecule has 0 saturated heterocycles. The Morgan fingerprint density at radius 1 is 0.867 bits per heavy atom. The molecule has 0 fully saturated rings. The Kier molecular flexibility index (Phi) is 11.5. The van der Waals surface area contributed by atoms with Gasteiger partial charge < -0.3 is 14.6 Å². The fraction of sp³-hybridized carbons (Fsp3) is 0.263. The summed E-state index contributed by atoms with van der Waals surface area (Å²) in [7, 11) is 0. The standard InChI is InChI=1S/C38H41N3O4/c42-28-13-29-44-34-24-22-33(23-25-34)36-40-38(26-12-19-31-16-6-2-7-17-31,35(45-36)32-20-8-3-9-21-32)37(43)41-39-27-11-10-18-30-14-4-1-5-15-30/h1-9,12,14-17,19-25,35,39,42H,10-11,13,18,26-29H2,(H,41,43)/b19-12+/t35-,38-/m0/s1. The van der Waals surface area contributed by atoms with Crippen LogP contribution in [0.2, 0.25) is 0 Å². The predicted molar refractivity (Wildman–Crippen MR) is 179 cm³/mol. The molecule has 232 valence electrons. The lowest BCUT2D eigenvalue weighted by Crippen LogP contribution is -2.52. The summed E-state index contributed by atoms with van der Waals surface area (Å²) in [5.41, 5.74) is 8.85. The molecule has 0 unspecified atom stereocenters. The SMILES string of the molecule is O=C(NNCCCCc1ccccc1)[C@@]1(C/C=C/c2ccccc2)N=C(c2ccc(OCCCO)cc2)O[C@H]1c1ccccc1. The number of hydrazine groups is 1. The van der Waals surface area contributed by atoms with Crippen molar-refractivity contribution in [1.82, 2.24) is 10.9 Å². The highest BCUT2D eigenvalue weighted by Gasteiger charge is 2.52. The summed E-state index contributed by atoms with van der Waals surface area (Å²) in [4.78, 5) is 19.2. The zero-order chi connectivity index (χ0) is 31.2. The topological polar surface area (TPSA) is 92.2 Å². The highest BCUT2D eigenvalue weighted by molar-refractivity contribution is 6.01. The fourth-order valence-electron chi connectivity index (χ4n) is 5.32. The van der Waals surface area contributed by atoms with Gasteiger partial charge in [-0.15, -0.1) is 0 Å². The first-order valence-corrected chi connectivity index (χ1v) is 15.6. The number of rotatable bonds is 16. The monoisotopic (exact) mass is 603 g/mol. The molecule has 7 heteroatoms. The number of hydrogen-bond donors (Lipinski definition) is 3. The number of ether oxygens (including phenoxy) is 2. The van der Waals surface area contributed by atoms with Crippen LogP contribution in [0.4, 0.5) is 0 Å². The van der Waals surface area contributed by atoms with Gasteiger partial charge in [-0.05, 0) is 60.2 Å². The molecule has 1 aliphatic heterocycles. The van der Waals surface area contributed by atoms with E-state index in [1.807, 2.05) is 103 Å². The van der Waals surface area contributed by atoms with Crippen LogP contribution in [0.15, 0.2) is 126 Å². The van der Waals surface area contributed by atoms with Gasteiger partial charge in [0.25, 0.3) is 5.91 Å². The molecule has 7 nitrogen and oxygen atoms in total. The van der Waals surface area contributed by atoms with Crippen LogP contribution < -0.4 is 15.6 Å². The van der Waals surface area contributed by atoms with Gasteiger partial charge in [-0.25, -0.2) is 10.4 Å². The van der Waals surface area contributed by atoms with E-state index in [2.05, 4.69) is 35.1 Å². The van der Waals surface area contributed by atoms with Crippen LogP contribution >= 0.6 is 0 Å². The Morgan fingerprint density at radius 3 is 2.27 bits per heavy atom. The normalized spacial score (nSPS) is 17.5. The number of amides is 1. The second-order valence-corrected chi connectivity index (χ2v) is 11.0. The van der Waals surface area contributed by atoms with Crippen molar-refractivity contribution in [3.05, 3.63) is 144 Å². The molecule has 0 aromatic heterocycles. The minimum absolute atomic E-state index is 0.0784. The molecule has 0 aliphatic carbocycles. The predicted octanol–water partition coefficient (Wildman–Crippen LogP) is 6.45. The maximum Gasteiger partial charge on any atom is 0.266 e. The second kappa shape index (κ2) is 16.4. The van der Waals surface area contributed by atoms with Crippen LogP contribution in [-0.4, -0.2) is 42.2 Å². The second-order valence-electron chi connectivity index (χ2n) is 11.0. The van der Waals surface area contributed by atoms with Gasteiger partial charge in [-0.1, -0.05) is 103 Å². The summed E-state index contributed by atoms with van der Waals surface area (Å²) in [5.74, 6) is 0.838. The van der Waals surface area contributed by atoms with Crippen molar-refractivity contribution in [1.29, 1.82) is 0 Å². The van der Waals surface area contributed by atoms with Gasteiger partial charge in [0.15, 0.2) is 11.6 Å². The number of aryl methyl sites for hydroxylation is 1. The number of nitrogens with zero attached hydrogens (tertiary/aromatic N) is 1.